The summed E-state index contributed by atoms with van der Waals surface area (Å²) in [7, 11) is -2.99. The van der Waals surface area contributed by atoms with E-state index in [-0.39, 0.29) is 36.2 Å². The molecule has 1 aromatic rings. The fourth-order valence-corrected chi connectivity index (χ4v) is 4.85. The quantitative estimate of drug-likeness (QED) is 0.899. The van der Waals surface area contributed by atoms with E-state index >= 15 is 0 Å². The van der Waals surface area contributed by atoms with Gasteiger partial charge in [0.05, 0.1) is 18.1 Å². The highest BCUT2D eigenvalue weighted by Crippen LogP contribution is 2.29. The molecule has 2 aliphatic rings. The number of carbonyl (C=O) groups excluding carboxylic acids is 1. The van der Waals surface area contributed by atoms with Gasteiger partial charge in [-0.15, -0.1) is 0 Å². The van der Waals surface area contributed by atoms with Crippen molar-refractivity contribution in [3.8, 4) is 0 Å². The lowest BCUT2D eigenvalue weighted by molar-refractivity contribution is -0.129. The minimum absolute atomic E-state index is 0.0123. The summed E-state index contributed by atoms with van der Waals surface area (Å²) in [5.41, 5.74) is 2.26. The molecule has 0 bridgehead atoms. The van der Waals surface area contributed by atoms with Gasteiger partial charge in [-0.05, 0) is 24.0 Å². The highest BCUT2D eigenvalue weighted by molar-refractivity contribution is 7.91. The van der Waals surface area contributed by atoms with Crippen LogP contribution in [0.15, 0.2) is 24.3 Å². The van der Waals surface area contributed by atoms with Crippen LogP contribution in [-0.4, -0.2) is 43.3 Å². The molecule has 6 heteroatoms. The summed E-state index contributed by atoms with van der Waals surface area (Å²) in [6.07, 6.45) is 1.31. The zero-order valence-corrected chi connectivity index (χ0v) is 12.9. The maximum atomic E-state index is 12.1. The maximum Gasteiger partial charge on any atom is 0.238 e. The lowest BCUT2D eigenvalue weighted by Gasteiger charge is -2.29. The summed E-state index contributed by atoms with van der Waals surface area (Å²) in [6, 6.07) is 7.96. The number of carbonyl (C=O) groups is 1. The minimum Gasteiger partial charge on any atom is -0.318 e. The van der Waals surface area contributed by atoms with Gasteiger partial charge in [-0.1, -0.05) is 31.2 Å². The second-order valence-electron chi connectivity index (χ2n) is 5.74. The summed E-state index contributed by atoms with van der Waals surface area (Å²) in [6.45, 7) is 2.37. The van der Waals surface area contributed by atoms with Gasteiger partial charge < -0.3 is 4.90 Å². The van der Waals surface area contributed by atoms with Gasteiger partial charge in [-0.3, -0.25) is 10.1 Å². The first kappa shape index (κ1) is 14.5. The summed E-state index contributed by atoms with van der Waals surface area (Å²) >= 11 is 0. The van der Waals surface area contributed by atoms with Crippen molar-refractivity contribution in [1.29, 1.82) is 0 Å². The van der Waals surface area contributed by atoms with Crippen molar-refractivity contribution < 1.29 is 13.2 Å². The number of rotatable bonds is 3. The van der Waals surface area contributed by atoms with Crippen LogP contribution >= 0.6 is 0 Å². The predicted molar refractivity (Wildman–Crippen MR) is 80.5 cm³/mol. The van der Waals surface area contributed by atoms with E-state index in [0.717, 1.165) is 12.0 Å². The molecule has 0 aliphatic carbocycles. The number of benzene rings is 1. The van der Waals surface area contributed by atoms with Gasteiger partial charge in [0.25, 0.3) is 0 Å². The van der Waals surface area contributed by atoms with Crippen molar-refractivity contribution in [2.45, 2.75) is 32.0 Å². The van der Waals surface area contributed by atoms with Crippen molar-refractivity contribution in [1.82, 2.24) is 10.2 Å². The first-order valence-electron chi connectivity index (χ1n) is 7.34. The first-order chi connectivity index (χ1) is 10.00. The van der Waals surface area contributed by atoms with Gasteiger partial charge in [-0.25, -0.2) is 8.42 Å². The van der Waals surface area contributed by atoms with Crippen molar-refractivity contribution in [3.63, 3.8) is 0 Å². The van der Waals surface area contributed by atoms with E-state index in [1.165, 1.54) is 5.56 Å². The largest absolute Gasteiger partial charge is 0.318 e. The number of nitrogens with one attached hydrogen (secondary N) is 1. The number of hydrogen-bond donors (Lipinski definition) is 1. The van der Waals surface area contributed by atoms with Crippen molar-refractivity contribution in [3.05, 3.63) is 35.4 Å². The van der Waals surface area contributed by atoms with Crippen LogP contribution in [-0.2, 0) is 21.1 Å². The van der Waals surface area contributed by atoms with Crippen molar-refractivity contribution >= 4 is 15.7 Å². The molecule has 0 aromatic heterocycles. The summed E-state index contributed by atoms with van der Waals surface area (Å²) in [5.74, 6) is 0.258. The molecule has 1 aromatic carbocycles. The van der Waals surface area contributed by atoms with Crippen LogP contribution in [0.5, 0.6) is 0 Å². The zero-order valence-electron chi connectivity index (χ0n) is 12.1. The number of aryl methyl sites for hydroxylation is 1. The Morgan fingerprint density at radius 3 is 2.57 bits per heavy atom. The molecule has 2 unspecified atom stereocenters. The van der Waals surface area contributed by atoms with Crippen LogP contribution in [0.1, 0.15) is 30.6 Å². The van der Waals surface area contributed by atoms with E-state index in [9.17, 15) is 13.2 Å². The van der Waals surface area contributed by atoms with Crippen LogP contribution in [0, 0.1) is 0 Å². The SMILES string of the molecule is CCc1ccc(C2NCC(=O)N2C2CCS(=O)(=O)C2)cc1. The Kier molecular flexibility index (Phi) is 3.75. The topological polar surface area (TPSA) is 66.5 Å². The van der Waals surface area contributed by atoms with Gasteiger partial charge in [0.15, 0.2) is 9.84 Å². The van der Waals surface area contributed by atoms with Gasteiger partial charge in [-0.2, -0.15) is 0 Å². The molecular formula is C15H20N2O3S. The number of nitrogens with zero attached hydrogens (tertiary/aromatic N) is 1. The Balaban J connectivity index is 1.85. The molecule has 2 atom stereocenters. The molecule has 2 heterocycles. The van der Waals surface area contributed by atoms with Crippen LogP contribution in [0.3, 0.4) is 0 Å². The third-order valence-electron chi connectivity index (χ3n) is 4.32. The predicted octanol–water partition coefficient (Wildman–Crippen LogP) is 0.867. The van der Waals surface area contributed by atoms with Crippen LogP contribution in [0.2, 0.25) is 0 Å². The van der Waals surface area contributed by atoms with Crippen LogP contribution in [0.4, 0.5) is 0 Å². The van der Waals surface area contributed by atoms with E-state index in [4.69, 9.17) is 0 Å². The van der Waals surface area contributed by atoms with E-state index in [1.54, 1.807) is 4.90 Å². The second-order valence-corrected chi connectivity index (χ2v) is 7.97. The van der Waals surface area contributed by atoms with Gasteiger partial charge >= 0.3 is 0 Å². The van der Waals surface area contributed by atoms with E-state index in [0.29, 0.717) is 6.42 Å². The molecule has 2 aliphatic heterocycles. The number of amides is 1. The summed E-state index contributed by atoms with van der Waals surface area (Å²) in [5, 5.41) is 3.20. The smallest absolute Gasteiger partial charge is 0.238 e. The zero-order chi connectivity index (χ0) is 15.0. The van der Waals surface area contributed by atoms with E-state index < -0.39 is 9.84 Å². The van der Waals surface area contributed by atoms with Gasteiger partial charge in [0.1, 0.15) is 6.17 Å². The van der Waals surface area contributed by atoms with Crippen molar-refractivity contribution in [2.75, 3.05) is 18.1 Å². The molecule has 2 saturated heterocycles. The lowest BCUT2D eigenvalue weighted by Crippen LogP contribution is -2.40. The highest BCUT2D eigenvalue weighted by Gasteiger charge is 2.41. The molecule has 3 rings (SSSR count). The van der Waals surface area contributed by atoms with Gasteiger partial charge in [0, 0.05) is 6.04 Å². The molecule has 21 heavy (non-hydrogen) atoms. The Hall–Kier alpha value is -1.40. The Labute approximate surface area is 125 Å². The molecule has 1 amide bonds. The summed E-state index contributed by atoms with van der Waals surface area (Å²) < 4.78 is 23.3. The Morgan fingerprint density at radius 1 is 1.29 bits per heavy atom. The maximum absolute atomic E-state index is 12.1. The molecular weight excluding hydrogens is 288 g/mol. The van der Waals surface area contributed by atoms with E-state index in [2.05, 4.69) is 24.4 Å². The third-order valence-corrected chi connectivity index (χ3v) is 6.07. The van der Waals surface area contributed by atoms with Crippen LogP contribution < -0.4 is 5.32 Å². The molecule has 0 saturated carbocycles. The molecule has 114 valence electrons. The average molecular weight is 308 g/mol. The highest BCUT2D eigenvalue weighted by atomic mass is 32.2. The molecule has 5 nitrogen and oxygen atoms in total. The van der Waals surface area contributed by atoms with Crippen molar-refractivity contribution in [2.24, 2.45) is 0 Å². The first-order valence-corrected chi connectivity index (χ1v) is 9.16. The van der Waals surface area contributed by atoms with Gasteiger partial charge in [0.2, 0.25) is 5.91 Å². The fraction of sp³-hybridized carbons (Fsp3) is 0.533. The lowest BCUT2D eigenvalue weighted by atomic mass is 10.1. The number of sulfone groups is 1. The van der Waals surface area contributed by atoms with Crippen LogP contribution in [0.25, 0.3) is 0 Å². The Morgan fingerprint density at radius 2 is 2.00 bits per heavy atom. The molecule has 0 radical (unpaired) electrons. The Bertz CT molecular complexity index is 639. The molecule has 0 spiro atoms. The second kappa shape index (κ2) is 5.42. The fourth-order valence-electron chi connectivity index (χ4n) is 3.14. The monoisotopic (exact) mass is 308 g/mol. The molecule has 2 fully saturated rings. The third kappa shape index (κ3) is 2.82. The average Bonchev–Trinajstić information content (AvgIpc) is 3.01. The normalized spacial score (nSPS) is 28.2. The standard InChI is InChI=1S/C15H20N2O3S/c1-2-11-3-5-12(6-4-11)15-16-9-14(18)17(15)13-7-8-21(19,20)10-13/h3-6,13,15-16H,2,7-10H2,1H3. The van der Waals surface area contributed by atoms with E-state index in [1.807, 2.05) is 12.1 Å². The minimum atomic E-state index is -2.99. The summed E-state index contributed by atoms with van der Waals surface area (Å²) in [4.78, 5) is 13.9. The molecule has 1 N–H and O–H groups in total. The number of hydrogen-bond acceptors (Lipinski definition) is 4.